The SMILES string of the molecule is NCC1(c2ccc(F)c3c2OCCCO3)CCCC1. The highest BCUT2D eigenvalue weighted by Crippen LogP contribution is 2.48. The lowest BCUT2D eigenvalue weighted by atomic mass is 9.78. The van der Waals surface area contributed by atoms with Crippen molar-refractivity contribution in [3.05, 3.63) is 23.5 Å². The van der Waals surface area contributed by atoms with Crippen molar-refractivity contribution in [2.24, 2.45) is 5.73 Å². The number of hydrogen-bond donors (Lipinski definition) is 1. The van der Waals surface area contributed by atoms with Crippen LogP contribution < -0.4 is 15.2 Å². The van der Waals surface area contributed by atoms with E-state index >= 15 is 0 Å². The minimum absolute atomic E-state index is 0.0640. The summed E-state index contributed by atoms with van der Waals surface area (Å²) in [7, 11) is 0. The Morgan fingerprint density at radius 1 is 1.05 bits per heavy atom. The highest BCUT2D eigenvalue weighted by atomic mass is 19.1. The Morgan fingerprint density at radius 2 is 1.74 bits per heavy atom. The first-order valence-corrected chi connectivity index (χ1v) is 7.05. The van der Waals surface area contributed by atoms with E-state index in [9.17, 15) is 4.39 Å². The molecule has 4 heteroatoms. The second-order valence-corrected chi connectivity index (χ2v) is 5.50. The van der Waals surface area contributed by atoms with Crippen molar-refractivity contribution in [3.8, 4) is 11.5 Å². The van der Waals surface area contributed by atoms with Crippen LogP contribution >= 0.6 is 0 Å². The Balaban J connectivity index is 2.11. The van der Waals surface area contributed by atoms with E-state index in [1.807, 2.05) is 6.07 Å². The summed E-state index contributed by atoms with van der Waals surface area (Å²) in [5, 5.41) is 0. The molecule has 19 heavy (non-hydrogen) atoms. The molecule has 1 aromatic rings. The first-order valence-electron chi connectivity index (χ1n) is 7.05. The summed E-state index contributed by atoms with van der Waals surface area (Å²) in [6.45, 7) is 1.65. The molecule has 0 saturated heterocycles. The predicted molar refractivity (Wildman–Crippen MR) is 71.2 cm³/mol. The van der Waals surface area contributed by atoms with Crippen LogP contribution in [0.2, 0.25) is 0 Å². The first kappa shape index (κ1) is 12.7. The lowest BCUT2D eigenvalue weighted by Crippen LogP contribution is -2.32. The molecule has 1 heterocycles. The zero-order chi connectivity index (χ0) is 13.3. The zero-order valence-corrected chi connectivity index (χ0v) is 11.1. The average Bonchev–Trinajstić information content (AvgIpc) is 2.77. The Labute approximate surface area is 112 Å². The molecule has 0 bridgehead atoms. The molecule has 2 N–H and O–H groups in total. The molecule has 1 fully saturated rings. The molecular weight excluding hydrogens is 245 g/mol. The molecule has 0 atom stereocenters. The van der Waals surface area contributed by atoms with Crippen molar-refractivity contribution in [1.29, 1.82) is 0 Å². The lowest BCUT2D eigenvalue weighted by molar-refractivity contribution is 0.290. The summed E-state index contributed by atoms with van der Waals surface area (Å²) in [5.41, 5.74) is 6.99. The van der Waals surface area contributed by atoms with Crippen molar-refractivity contribution in [3.63, 3.8) is 0 Å². The van der Waals surface area contributed by atoms with Crippen molar-refractivity contribution in [1.82, 2.24) is 0 Å². The monoisotopic (exact) mass is 265 g/mol. The molecule has 0 aromatic heterocycles. The molecule has 2 aliphatic rings. The van der Waals surface area contributed by atoms with Crippen LogP contribution in [0.15, 0.2) is 12.1 Å². The van der Waals surface area contributed by atoms with Gasteiger partial charge in [0.2, 0.25) is 0 Å². The van der Waals surface area contributed by atoms with E-state index in [1.165, 1.54) is 18.9 Å². The summed E-state index contributed by atoms with van der Waals surface area (Å²) >= 11 is 0. The van der Waals surface area contributed by atoms with Crippen LogP contribution in [0.1, 0.15) is 37.7 Å². The minimum Gasteiger partial charge on any atom is -0.489 e. The molecule has 1 aliphatic carbocycles. The van der Waals surface area contributed by atoms with Crippen molar-refractivity contribution < 1.29 is 13.9 Å². The van der Waals surface area contributed by atoms with E-state index in [-0.39, 0.29) is 17.0 Å². The van der Waals surface area contributed by atoms with Gasteiger partial charge in [-0.05, 0) is 18.9 Å². The Hall–Kier alpha value is -1.29. The average molecular weight is 265 g/mol. The number of nitrogens with two attached hydrogens (primary N) is 1. The fourth-order valence-electron chi connectivity index (χ4n) is 3.28. The summed E-state index contributed by atoms with van der Waals surface area (Å²) in [5.74, 6) is 0.519. The maximum atomic E-state index is 13.9. The number of ether oxygens (including phenoxy) is 2. The van der Waals surface area contributed by atoms with E-state index in [4.69, 9.17) is 15.2 Å². The van der Waals surface area contributed by atoms with Crippen molar-refractivity contribution in [2.45, 2.75) is 37.5 Å². The van der Waals surface area contributed by atoms with Gasteiger partial charge in [-0.2, -0.15) is 0 Å². The highest BCUT2D eigenvalue weighted by Gasteiger charge is 2.38. The fourth-order valence-corrected chi connectivity index (χ4v) is 3.28. The highest BCUT2D eigenvalue weighted by molar-refractivity contribution is 5.52. The van der Waals surface area contributed by atoms with Crippen molar-refractivity contribution >= 4 is 0 Å². The van der Waals surface area contributed by atoms with Gasteiger partial charge in [0.15, 0.2) is 17.3 Å². The van der Waals surface area contributed by atoms with Gasteiger partial charge in [-0.3, -0.25) is 0 Å². The molecule has 0 spiro atoms. The smallest absolute Gasteiger partial charge is 0.197 e. The third-order valence-corrected chi connectivity index (χ3v) is 4.37. The number of rotatable bonds is 2. The Morgan fingerprint density at radius 3 is 2.42 bits per heavy atom. The van der Waals surface area contributed by atoms with E-state index < -0.39 is 0 Å². The van der Waals surface area contributed by atoms with Gasteiger partial charge >= 0.3 is 0 Å². The molecule has 104 valence electrons. The normalized spacial score (nSPS) is 21.2. The Kier molecular flexibility index (Phi) is 3.35. The summed E-state index contributed by atoms with van der Waals surface area (Å²) < 4.78 is 25.2. The summed E-state index contributed by atoms with van der Waals surface area (Å²) in [6, 6.07) is 3.32. The van der Waals surface area contributed by atoms with E-state index in [0.717, 1.165) is 24.8 Å². The second-order valence-electron chi connectivity index (χ2n) is 5.50. The molecule has 1 aliphatic heterocycles. The lowest BCUT2D eigenvalue weighted by Gasteiger charge is -2.30. The third kappa shape index (κ3) is 2.08. The van der Waals surface area contributed by atoms with Crippen LogP contribution in [-0.4, -0.2) is 19.8 Å². The minimum atomic E-state index is -0.342. The quantitative estimate of drug-likeness (QED) is 0.894. The number of benzene rings is 1. The maximum Gasteiger partial charge on any atom is 0.197 e. The van der Waals surface area contributed by atoms with Gasteiger partial charge in [0.25, 0.3) is 0 Å². The number of halogens is 1. The van der Waals surface area contributed by atoms with Crippen LogP contribution in [0.25, 0.3) is 0 Å². The molecule has 0 radical (unpaired) electrons. The van der Waals surface area contributed by atoms with Gasteiger partial charge in [0.05, 0.1) is 13.2 Å². The third-order valence-electron chi connectivity index (χ3n) is 4.37. The molecule has 1 saturated carbocycles. The standard InChI is InChI=1S/C15H20FNO2/c16-12-5-4-11(15(10-17)6-1-2-7-15)13-14(12)19-9-3-8-18-13/h4-5H,1-3,6-10,17H2. The predicted octanol–water partition coefficient (Wildman–Crippen LogP) is 2.76. The molecule has 0 amide bonds. The van der Waals surface area contributed by atoms with Crippen LogP contribution in [0.5, 0.6) is 11.5 Å². The van der Waals surface area contributed by atoms with Gasteiger partial charge in [-0.1, -0.05) is 18.9 Å². The number of fused-ring (bicyclic) bond motifs is 1. The zero-order valence-electron chi connectivity index (χ0n) is 11.1. The second kappa shape index (κ2) is 5.00. The Bertz CT molecular complexity index is 469. The van der Waals surface area contributed by atoms with Gasteiger partial charge in [-0.15, -0.1) is 0 Å². The van der Waals surface area contributed by atoms with Crippen LogP contribution in [0.4, 0.5) is 4.39 Å². The van der Waals surface area contributed by atoms with Crippen LogP contribution in [0, 0.1) is 5.82 Å². The fraction of sp³-hybridized carbons (Fsp3) is 0.600. The van der Waals surface area contributed by atoms with E-state index in [0.29, 0.717) is 25.5 Å². The van der Waals surface area contributed by atoms with Crippen molar-refractivity contribution in [2.75, 3.05) is 19.8 Å². The van der Waals surface area contributed by atoms with Gasteiger partial charge in [-0.25, -0.2) is 4.39 Å². The van der Waals surface area contributed by atoms with Gasteiger partial charge in [0.1, 0.15) is 0 Å². The van der Waals surface area contributed by atoms with E-state index in [1.54, 1.807) is 0 Å². The first-order chi connectivity index (χ1) is 9.27. The summed E-state index contributed by atoms with van der Waals surface area (Å²) in [4.78, 5) is 0. The molecular formula is C15H20FNO2. The van der Waals surface area contributed by atoms with Crippen LogP contribution in [-0.2, 0) is 5.41 Å². The van der Waals surface area contributed by atoms with E-state index in [2.05, 4.69) is 0 Å². The van der Waals surface area contributed by atoms with Gasteiger partial charge < -0.3 is 15.2 Å². The molecule has 3 rings (SSSR count). The van der Waals surface area contributed by atoms with Gasteiger partial charge in [0, 0.05) is 23.9 Å². The van der Waals surface area contributed by atoms with Crippen LogP contribution in [0.3, 0.4) is 0 Å². The number of hydrogen-bond acceptors (Lipinski definition) is 3. The topological polar surface area (TPSA) is 44.5 Å². The molecule has 1 aromatic carbocycles. The summed E-state index contributed by atoms with van der Waals surface area (Å²) in [6.07, 6.45) is 5.22. The molecule has 0 unspecified atom stereocenters. The maximum absolute atomic E-state index is 13.9. The largest absolute Gasteiger partial charge is 0.489 e. The molecule has 3 nitrogen and oxygen atoms in total.